The van der Waals surface area contributed by atoms with E-state index >= 15 is 0 Å². The number of aryl methyl sites for hydroxylation is 2. The van der Waals surface area contributed by atoms with Gasteiger partial charge in [0.2, 0.25) is 0 Å². The van der Waals surface area contributed by atoms with Gasteiger partial charge in [-0.3, -0.25) is 0 Å². The Morgan fingerprint density at radius 3 is 2.85 bits per heavy atom. The molecule has 1 aromatic rings. The highest BCUT2D eigenvalue weighted by Crippen LogP contribution is 2.41. The Balaban J connectivity index is 1.71. The van der Waals surface area contributed by atoms with Crippen molar-refractivity contribution in [3.05, 3.63) is 29.3 Å². The summed E-state index contributed by atoms with van der Waals surface area (Å²) in [5, 5.41) is 0.734. The lowest BCUT2D eigenvalue weighted by molar-refractivity contribution is 0.284. The Kier molecular flexibility index (Phi) is 4.72. The van der Waals surface area contributed by atoms with E-state index in [4.69, 9.17) is 5.73 Å². The summed E-state index contributed by atoms with van der Waals surface area (Å²) in [5.74, 6) is 1.64. The molecule has 0 saturated heterocycles. The van der Waals surface area contributed by atoms with Crippen molar-refractivity contribution in [3.63, 3.8) is 0 Å². The summed E-state index contributed by atoms with van der Waals surface area (Å²) in [4.78, 5) is 1.48. The van der Waals surface area contributed by atoms with E-state index < -0.39 is 0 Å². The van der Waals surface area contributed by atoms with Crippen LogP contribution in [0.5, 0.6) is 0 Å². The van der Waals surface area contributed by atoms with Gasteiger partial charge < -0.3 is 5.73 Å². The van der Waals surface area contributed by atoms with Crippen LogP contribution in [0, 0.1) is 11.8 Å². The summed E-state index contributed by atoms with van der Waals surface area (Å²) in [6.07, 6.45) is 9.32. The van der Waals surface area contributed by atoms with Crippen molar-refractivity contribution in [1.29, 1.82) is 0 Å². The van der Waals surface area contributed by atoms with Gasteiger partial charge in [-0.1, -0.05) is 25.8 Å². The zero-order valence-corrected chi connectivity index (χ0v) is 13.4. The molecule has 2 heteroatoms. The second-order valence-corrected chi connectivity index (χ2v) is 7.84. The lowest BCUT2D eigenvalue weighted by atomic mass is 9.80. The van der Waals surface area contributed by atoms with Crippen molar-refractivity contribution in [2.24, 2.45) is 17.6 Å². The van der Waals surface area contributed by atoms with Crippen molar-refractivity contribution < 1.29 is 0 Å². The normalized spacial score (nSPS) is 29.4. The second-order valence-electron chi connectivity index (χ2n) is 6.52. The summed E-state index contributed by atoms with van der Waals surface area (Å²) in [5.41, 5.74) is 9.19. The Bertz CT molecular complexity index is 457. The van der Waals surface area contributed by atoms with Gasteiger partial charge in [0, 0.05) is 10.1 Å². The van der Waals surface area contributed by atoms with E-state index in [0.29, 0.717) is 0 Å². The van der Waals surface area contributed by atoms with Crippen LogP contribution in [0.15, 0.2) is 23.1 Å². The van der Waals surface area contributed by atoms with Crippen LogP contribution in [0.2, 0.25) is 0 Å². The number of benzene rings is 1. The average Bonchev–Trinajstić information content (AvgIpc) is 2.94. The first kappa shape index (κ1) is 14.5. The number of rotatable bonds is 4. The van der Waals surface area contributed by atoms with Crippen LogP contribution in [-0.4, -0.2) is 11.8 Å². The van der Waals surface area contributed by atoms with Gasteiger partial charge in [0.05, 0.1) is 0 Å². The van der Waals surface area contributed by atoms with Crippen LogP contribution < -0.4 is 5.73 Å². The molecular formula is C18H27NS. The molecule has 2 N–H and O–H groups in total. The van der Waals surface area contributed by atoms with E-state index in [1.807, 2.05) is 0 Å². The summed E-state index contributed by atoms with van der Waals surface area (Å²) in [7, 11) is 0. The molecular weight excluding hydrogens is 262 g/mol. The summed E-state index contributed by atoms with van der Waals surface area (Å²) >= 11 is 2.10. The van der Waals surface area contributed by atoms with Crippen LogP contribution in [0.25, 0.3) is 0 Å². The van der Waals surface area contributed by atoms with E-state index in [0.717, 1.165) is 23.6 Å². The molecule has 1 saturated carbocycles. The fourth-order valence-electron chi connectivity index (χ4n) is 3.86. The van der Waals surface area contributed by atoms with Crippen molar-refractivity contribution in [1.82, 2.24) is 0 Å². The zero-order chi connectivity index (χ0) is 13.9. The molecule has 1 aromatic carbocycles. The number of hydrogen-bond donors (Lipinski definition) is 1. The fourth-order valence-corrected chi connectivity index (χ4v) is 5.37. The minimum Gasteiger partial charge on any atom is -0.330 e. The molecule has 0 heterocycles. The Morgan fingerprint density at radius 1 is 1.20 bits per heavy atom. The monoisotopic (exact) mass is 289 g/mol. The predicted molar refractivity (Wildman–Crippen MR) is 88.3 cm³/mol. The standard InChI is InChI=1S/C18H27NS/c1-2-13-6-7-16(12-19)18(10-13)20-17-9-8-14-4-3-5-15(14)11-17/h8-9,11,13,16,18H,2-7,10,12,19H2,1H3. The van der Waals surface area contributed by atoms with Gasteiger partial charge >= 0.3 is 0 Å². The third kappa shape index (κ3) is 3.07. The van der Waals surface area contributed by atoms with Crippen LogP contribution in [-0.2, 0) is 12.8 Å². The van der Waals surface area contributed by atoms with Crippen molar-refractivity contribution >= 4 is 11.8 Å². The summed E-state index contributed by atoms with van der Waals surface area (Å²) in [6, 6.07) is 7.16. The maximum atomic E-state index is 6.01. The lowest BCUT2D eigenvalue weighted by Crippen LogP contribution is -2.32. The van der Waals surface area contributed by atoms with Gasteiger partial charge in [-0.25, -0.2) is 0 Å². The van der Waals surface area contributed by atoms with Gasteiger partial charge in [-0.05, 0) is 73.7 Å². The fraction of sp³-hybridized carbons (Fsp3) is 0.667. The number of fused-ring (bicyclic) bond motifs is 1. The van der Waals surface area contributed by atoms with Crippen molar-refractivity contribution in [2.75, 3.05) is 6.54 Å². The summed E-state index contributed by atoms with van der Waals surface area (Å²) < 4.78 is 0. The van der Waals surface area contributed by atoms with E-state index in [-0.39, 0.29) is 0 Å². The molecule has 1 fully saturated rings. The number of hydrogen-bond acceptors (Lipinski definition) is 2. The van der Waals surface area contributed by atoms with Crippen LogP contribution in [0.4, 0.5) is 0 Å². The predicted octanol–water partition coefficient (Wildman–Crippen LogP) is 4.42. The van der Waals surface area contributed by atoms with Crippen molar-refractivity contribution in [3.8, 4) is 0 Å². The highest BCUT2D eigenvalue weighted by Gasteiger charge is 2.29. The third-order valence-electron chi connectivity index (χ3n) is 5.27. The molecule has 1 nitrogen and oxygen atoms in total. The molecule has 2 aliphatic carbocycles. The molecule has 0 radical (unpaired) electrons. The van der Waals surface area contributed by atoms with E-state index in [9.17, 15) is 0 Å². The first-order valence-corrected chi connectivity index (χ1v) is 9.16. The molecule has 2 aliphatic rings. The third-order valence-corrected chi connectivity index (χ3v) is 6.68. The van der Waals surface area contributed by atoms with Crippen LogP contribution in [0.1, 0.15) is 50.2 Å². The molecule has 0 aliphatic heterocycles. The topological polar surface area (TPSA) is 26.0 Å². The molecule has 3 rings (SSSR count). The molecule has 0 amide bonds. The average molecular weight is 289 g/mol. The van der Waals surface area contributed by atoms with Gasteiger partial charge in [-0.15, -0.1) is 11.8 Å². The highest BCUT2D eigenvalue weighted by molar-refractivity contribution is 8.00. The molecule has 0 spiro atoms. The van der Waals surface area contributed by atoms with E-state index in [1.54, 1.807) is 11.1 Å². The SMILES string of the molecule is CCC1CCC(CN)C(Sc2ccc3c(c2)CCC3)C1. The molecule has 0 aromatic heterocycles. The van der Waals surface area contributed by atoms with E-state index in [2.05, 4.69) is 36.9 Å². The first-order chi connectivity index (χ1) is 9.80. The maximum absolute atomic E-state index is 6.01. The van der Waals surface area contributed by atoms with Gasteiger partial charge in [-0.2, -0.15) is 0 Å². The minimum atomic E-state index is 0.719. The van der Waals surface area contributed by atoms with Gasteiger partial charge in [0.15, 0.2) is 0 Å². The van der Waals surface area contributed by atoms with Gasteiger partial charge in [0.1, 0.15) is 0 Å². The van der Waals surface area contributed by atoms with Crippen LogP contribution >= 0.6 is 11.8 Å². The minimum absolute atomic E-state index is 0.719. The number of nitrogens with two attached hydrogens (primary N) is 1. The Morgan fingerprint density at radius 2 is 2.05 bits per heavy atom. The molecule has 3 unspecified atom stereocenters. The van der Waals surface area contributed by atoms with Crippen molar-refractivity contribution in [2.45, 2.75) is 62.0 Å². The largest absolute Gasteiger partial charge is 0.330 e. The highest BCUT2D eigenvalue weighted by atomic mass is 32.2. The van der Waals surface area contributed by atoms with Crippen LogP contribution in [0.3, 0.4) is 0 Å². The maximum Gasteiger partial charge on any atom is 0.0137 e. The smallest absolute Gasteiger partial charge is 0.0137 e. The van der Waals surface area contributed by atoms with Gasteiger partial charge in [0.25, 0.3) is 0 Å². The zero-order valence-electron chi connectivity index (χ0n) is 12.6. The second kappa shape index (κ2) is 6.53. The lowest BCUT2D eigenvalue weighted by Gasteiger charge is -2.35. The number of thioether (sulfide) groups is 1. The molecule has 20 heavy (non-hydrogen) atoms. The Labute approximate surface area is 127 Å². The molecule has 110 valence electrons. The summed E-state index contributed by atoms with van der Waals surface area (Å²) in [6.45, 7) is 3.20. The Hall–Kier alpha value is -0.470. The molecule has 3 atom stereocenters. The quantitative estimate of drug-likeness (QED) is 0.888. The first-order valence-electron chi connectivity index (χ1n) is 8.28. The van der Waals surface area contributed by atoms with E-state index in [1.165, 1.54) is 49.8 Å². The molecule has 0 bridgehead atoms.